The van der Waals surface area contributed by atoms with Crippen molar-refractivity contribution >= 4 is 20.8 Å². The fraction of sp³-hybridized carbons (Fsp3) is 0.667. The Bertz CT molecular complexity index is 749. The van der Waals surface area contributed by atoms with Gasteiger partial charge in [0.15, 0.2) is 0 Å². The zero-order chi connectivity index (χ0) is 20.2. The summed E-state index contributed by atoms with van der Waals surface area (Å²) in [7, 11) is -10.4. The fourth-order valence-corrected chi connectivity index (χ4v) is 4.13. The second-order valence-electron chi connectivity index (χ2n) is 6.51. The van der Waals surface area contributed by atoms with Crippen molar-refractivity contribution in [1.29, 1.82) is 0 Å². The van der Waals surface area contributed by atoms with Gasteiger partial charge in [-0.05, 0) is 24.5 Å². The van der Waals surface area contributed by atoms with Crippen molar-refractivity contribution < 1.29 is 51.6 Å². The summed E-state index contributed by atoms with van der Waals surface area (Å²) < 4.78 is 62.4. The van der Waals surface area contributed by atoms with Crippen LogP contribution in [0.15, 0.2) is 24.3 Å². The average Bonchev–Trinajstić information content (AvgIpc) is 2.55. The molecule has 0 aliphatic rings. The molecule has 166 valence electrons. The van der Waals surface area contributed by atoms with Gasteiger partial charge in [-0.25, -0.2) is 8.42 Å². The Balaban J connectivity index is 0.00000729. The van der Waals surface area contributed by atoms with E-state index >= 15 is 0 Å². The Morgan fingerprint density at radius 3 is 1.86 bits per heavy atom. The first kappa shape index (κ1) is 27.6. The van der Waals surface area contributed by atoms with Gasteiger partial charge in [-0.1, -0.05) is 82.9 Å². The maximum absolute atomic E-state index is 11.5. The van der Waals surface area contributed by atoms with Crippen molar-refractivity contribution in [3.05, 3.63) is 29.8 Å². The molecule has 0 amide bonds. The van der Waals surface area contributed by atoms with Gasteiger partial charge in [0, 0.05) is 0 Å². The Kier molecular flexibility index (Phi) is 14.3. The van der Waals surface area contributed by atoms with E-state index in [1.165, 1.54) is 51.0 Å². The van der Waals surface area contributed by atoms with E-state index in [4.69, 9.17) is 0 Å². The van der Waals surface area contributed by atoms with E-state index in [1.807, 2.05) is 0 Å². The third-order valence-electron chi connectivity index (χ3n) is 4.13. The molecule has 1 aromatic rings. The molecule has 0 aliphatic heterocycles. The molecule has 0 unspecified atom stereocenters. The number of para-hydroxylation sites is 1. The summed E-state index contributed by atoms with van der Waals surface area (Å²) in [4.78, 5) is 0. The van der Waals surface area contributed by atoms with Crippen LogP contribution in [0, 0.1) is 0 Å². The quantitative estimate of drug-likeness (QED) is 0.145. The van der Waals surface area contributed by atoms with Gasteiger partial charge in [0.2, 0.25) is 10.4 Å². The van der Waals surface area contributed by atoms with Crippen LogP contribution >= 0.6 is 0 Å². The predicted molar refractivity (Wildman–Crippen MR) is 102 cm³/mol. The molecule has 0 bridgehead atoms. The summed E-state index contributed by atoms with van der Waals surface area (Å²) >= 11 is 0. The van der Waals surface area contributed by atoms with Gasteiger partial charge in [0.05, 0.1) is 0 Å². The maximum atomic E-state index is 11.5. The van der Waals surface area contributed by atoms with E-state index in [0.29, 0.717) is 12.0 Å². The molecule has 28 heavy (non-hydrogen) atoms. The number of benzene rings is 1. The Morgan fingerprint density at radius 2 is 1.32 bits per heavy atom. The van der Waals surface area contributed by atoms with Gasteiger partial charge in [-0.15, -0.1) is 3.63 Å². The first-order valence-electron chi connectivity index (χ1n) is 9.43. The third kappa shape index (κ3) is 13.7. The van der Waals surface area contributed by atoms with Crippen LogP contribution in [0.25, 0.3) is 0 Å². The predicted octanol–water partition coefficient (Wildman–Crippen LogP) is 4.25. The summed E-state index contributed by atoms with van der Waals surface area (Å²) in [6.45, 7) is 2.21. The molecule has 10 heteroatoms. The smallest absolute Gasteiger partial charge is 0.725 e. The minimum Gasteiger partial charge on any atom is -0.725 e. The molecule has 0 aliphatic carbocycles. The summed E-state index contributed by atoms with van der Waals surface area (Å²) in [6.07, 6.45) is 12.5. The standard InChI is InChI=1S/C18H30O7S2.Ag/c1-2-3-4-5-6-7-8-9-10-11-14-17-15-12-13-16-18(17)24-27(22,23)25-26(19,20)21;/h12-13,15-16H,2-11,14H2,1H3,(H,19,20,21);/q;+1/p-1. The van der Waals surface area contributed by atoms with Gasteiger partial charge >= 0.3 is 32.8 Å². The maximum Gasteiger partial charge on any atom is 1.00 e. The third-order valence-corrected chi connectivity index (χ3v) is 5.85. The first-order valence-corrected chi connectivity index (χ1v) is 12.1. The van der Waals surface area contributed by atoms with Gasteiger partial charge in [0.25, 0.3) is 0 Å². The Labute approximate surface area is 185 Å². The molecule has 0 saturated carbocycles. The molecule has 7 nitrogen and oxygen atoms in total. The van der Waals surface area contributed by atoms with Crippen molar-refractivity contribution in [1.82, 2.24) is 0 Å². The second-order valence-corrected chi connectivity index (χ2v) is 8.85. The fourth-order valence-electron chi connectivity index (χ4n) is 2.82. The summed E-state index contributed by atoms with van der Waals surface area (Å²) in [5.41, 5.74) is 0.618. The van der Waals surface area contributed by atoms with E-state index in [9.17, 15) is 21.4 Å². The van der Waals surface area contributed by atoms with Gasteiger partial charge < -0.3 is 8.74 Å². The zero-order valence-corrected chi connectivity index (χ0v) is 19.2. The van der Waals surface area contributed by atoms with Gasteiger partial charge in [0.1, 0.15) is 5.75 Å². The molecule has 0 fully saturated rings. The number of hydrogen-bond acceptors (Lipinski definition) is 7. The van der Waals surface area contributed by atoms with Crippen LogP contribution in [-0.2, 0) is 53.2 Å². The van der Waals surface area contributed by atoms with Crippen LogP contribution in [-0.4, -0.2) is 21.4 Å². The molecule has 0 saturated heterocycles. The minimum atomic E-state index is -5.42. The van der Waals surface area contributed by atoms with Crippen LogP contribution in [0.4, 0.5) is 0 Å². The molecular formula is C18H29AgO7S2. The summed E-state index contributed by atoms with van der Waals surface area (Å²) in [5.74, 6) is -0.0305. The number of rotatable bonds is 15. The largest absolute Gasteiger partial charge is 1.00 e. The molecule has 0 aromatic heterocycles. The molecule has 1 aromatic carbocycles. The summed E-state index contributed by atoms with van der Waals surface area (Å²) in [6, 6.07) is 6.38. The first-order chi connectivity index (χ1) is 12.7. The number of aryl methyl sites for hydroxylation is 1. The summed E-state index contributed by atoms with van der Waals surface area (Å²) in [5, 5.41) is 0. The molecule has 0 spiro atoms. The van der Waals surface area contributed by atoms with Crippen LogP contribution in [0.3, 0.4) is 0 Å². The topological polar surface area (TPSA) is 110 Å². The van der Waals surface area contributed by atoms with Crippen LogP contribution in [0.2, 0.25) is 0 Å². The van der Waals surface area contributed by atoms with E-state index in [0.717, 1.165) is 19.3 Å². The zero-order valence-electron chi connectivity index (χ0n) is 16.1. The molecule has 0 radical (unpaired) electrons. The van der Waals surface area contributed by atoms with Crippen LogP contribution in [0.5, 0.6) is 5.75 Å². The molecule has 1 rings (SSSR count). The average molecular weight is 529 g/mol. The van der Waals surface area contributed by atoms with E-state index in [2.05, 4.69) is 14.7 Å². The molecule has 0 atom stereocenters. The van der Waals surface area contributed by atoms with E-state index in [-0.39, 0.29) is 28.1 Å². The van der Waals surface area contributed by atoms with Crippen molar-refractivity contribution in [2.24, 2.45) is 0 Å². The SMILES string of the molecule is CCCCCCCCCCCCc1ccccc1OS(=O)(=O)OS(=O)(=O)[O-].[Ag+]. The van der Waals surface area contributed by atoms with Crippen molar-refractivity contribution in [2.75, 3.05) is 0 Å². The van der Waals surface area contributed by atoms with Gasteiger partial charge in [-0.3, -0.25) is 0 Å². The van der Waals surface area contributed by atoms with Crippen LogP contribution in [0.1, 0.15) is 76.7 Å². The second kappa shape index (κ2) is 14.5. The van der Waals surface area contributed by atoms with Crippen molar-refractivity contribution in [3.63, 3.8) is 0 Å². The Hall–Kier alpha value is -0.420. The molecule has 0 heterocycles. The van der Waals surface area contributed by atoms with Crippen molar-refractivity contribution in [2.45, 2.75) is 77.6 Å². The number of unbranched alkanes of at least 4 members (excludes halogenated alkanes) is 9. The normalized spacial score (nSPS) is 11.8. The van der Waals surface area contributed by atoms with Gasteiger partial charge in [-0.2, -0.15) is 8.42 Å². The monoisotopic (exact) mass is 528 g/mol. The van der Waals surface area contributed by atoms with E-state index in [1.54, 1.807) is 18.2 Å². The van der Waals surface area contributed by atoms with Crippen molar-refractivity contribution in [3.8, 4) is 5.75 Å². The van der Waals surface area contributed by atoms with Crippen LogP contribution < -0.4 is 4.18 Å². The minimum absolute atomic E-state index is 0. The molecule has 0 N–H and O–H groups in total. The Morgan fingerprint density at radius 1 is 0.821 bits per heavy atom. The molecular weight excluding hydrogens is 500 g/mol. The van der Waals surface area contributed by atoms with E-state index < -0.39 is 20.8 Å². The number of hydrogen-bond donors (Lipinski definition) is 0.